The molecule has 36 heavy (non-hydrogen) atoms. The molecule has 6 atom stereocenters. The van der Waals surface area contributed by atoms with Gasteiger partial charge in [-0.2, -0.15) is 0 Å². The van der Waals surface area contributed by atoms with Crippen molar-refractivity contribution in [3.8, 4) is 0 Å². The molecule has 1 heterocycles. The van der Waals surface area contributed by atoms with Gasteiger partial charge in [0.25, 0.3) is 0 Å². The highest BCUT2D eigenvalue weighted by atomic mass is 16.6. The number of para-hydroxylation sites is 1. The Labute approximate surface area is 212 Å². The lowest BCUT2D eigenvalue weighted by Gasteiger charge is -2.38. The molecular formula is C28H37NO7. The van der Waals surface area contributed by atoms with Gasteiger partial charge in [-0.3, -0.25) is 14.5 Å². The quantitative estimate of drug-likeness (QED) is 0.539. The Morgan fingerprint density at radius 3 is 2.42 bits per heavy atom. The number of esters is 2. The number of hydrogen-bond acceptors (Lipinski definition) is 6. The fourth-order valence-corrected chi connectivity index (χ4v) is 6.54. The van der Waals surface area contributed by atoms with Gasteiger partial charge in [0.2, 0.25) is 5.91 Å². The van der Waals surface area contributed by atoms with E-state index in [1.54, 1.807) is 26.0 Å². The Morgan fingerprint density at radius 1 is 1.11 bits per heavy atom. The second kappa shape index (κ2) is 9.52. The minimum atomic E-state index is -0.973. The molecule has 1 amide bonds. The van der Waals surface area contributed by atoms with Crippen LogP contribution in [0.3, 0.4) is 0 Å². The first-order valence-electron chi connectivity index (χ1n) is 12.9. The summed E-state index contributed by atoms with van der Waals surface area (Å²) in [5.74, 6) is -3.34. The van der Waals surface area contributed by atoms with E-state index in [0.717, 1.165) is 24.8 Å². The van der Waals surface area contributed by atoms with Crippen molar-refractivity contribution in [1.82, 2.24) is 0 Å². The van der Waals surface area contributed by atoms with Crippen LogP contribution in [0.1, 0.15) is 65.9 Å². The van der Waals surface area contributed by atoms with Crippen LogP contribution in [0.15, 0.2) is 24.3 Å². The summed E-state index contributed by atoms with van der Waals surface area (Å²) < 4.78 is 11.2. The molecule has 8 heteroatoms. The minimum absolute atomic E-state index is 0.0864. The number of benzene rings is 1. The molecule has 2 fully saturated rings. The van der Waals surface area contributed by atoms with Crippen molar-refractivity contribution in [2.45, 2.75) is 78.9 Å². The second-order valence-electron chi connectivity index (χ2n) is 11.6. The van der Waals surface area contributed by atoms with Crippen molar-refractivity contribution in [2.24, 2.45) is 28.6 Å². The number of nitrogens with zero attached hydrogens (tertiary/aromatic N) is 1. The molecule has 1 N–H and O–H groups in total. The molecule has 2 aliphatic carbocycles. The zero-order valence-electron chi connectivity index (χ0n) is 21.8. The van der Waals surface area contributed by atoms with Crippen LogP contribution in [0.5, 0.6) is 0 Å². The maximum Gasteiger partial charge on any atom is 0.344 e. The van der Waals surface area contributed by atoms with E-state index < -0.39 is 42.4 Å². The Bertz CT molecular complexity index is 1070. The Morgan fingerprint density at radius 2 is 1.81 bits per heavy atom. The molecule has 0 radical (unpaired) electrons. The summed E-state index contributed by atoms with van der Waals surface area (Å²) in [7, 11) is 0. The number of carboxylic acid groups (broad SMARTS) is 1. The van der Waals surface area contributed by atoms with Gasteiger partial charge in [-0.05, 0) is 48.6 Å². The molecular weight excluding hydrogens is 462 g/mol. The molecule has 2 saturated carbocycles. The number of fused-ring (bicyclic) bond motifs is 3. The standard InChI is InChI=1S/C28H37NO7/c1-16(12-17(2)25(32)33)24(31)29-20-9-7-6-8-18(20)13-21(29)26(34)35-15-23(30)36-22-14-19-10-11-28(22,5)27(19,3)4/h6-9,16-17,19,21-22H,10-15H2,1-5H3,(H,32,33)/t16-,17-,19?,21+,22?,28?/m1/s1. The molecule has 0 spiro atoms. The molecule has 3 aliphatic rings. The fraction of sp³-hybridized carbons (Fsp3) is 0.643. The number of hydrogen-bond donors (Lipinski definition) is 1. The summed E-state index contributed by atoms with van der Waals surface area (Å²) in [6.07, 6.45) is 3.21. The van der Waals surface area contributed by atoms with Gasteiger partial charge in [0.05, 0.1) is 5.92 Å². The van der Waals surface area contributed by atoms with Gasteiger partial charge in [0, 0.05) is 23.4 Å². The second-order valence-corrected chi connectivity index (χ2v) is 11.6. The maximum atomic E-state index is 13.4. The average molecular weight is 500 g/mol. The van der Waals surface area contributed by atoms with Crippen molar-refractivity contribution in [2.75, 3.05) is 11.5 Å². The van der Waals surface area contributed by atoms with Crippen LogP contribution in [0.25, 0.3) is 0 Å². The predicted octanol–water partition coefficient (Wildman–Crippen LogP) is 3.99. The molecule has 4 rings (SSSR count). The predicted molar refractivity (Wildman–Crippen MR) is 132 cm³/mol. The van der Waals surface area contributed by atoms with E-state index in [1.165, 1.54) is 4.90 Å². The van der Waals surface area contributed by atoms with E-state index in [0.29, 0.717) is 11.6 Å². The number of aliphatic carboxylic acids is 1. The number of ether oxygens (including phenoxy) is 2. The Balaban J connectivity index is 1.40. The highest BCUT2D eigenvalue weighted by Crippen LogP contribution is 2.66. The van der Waals surface area contributed by atoms with E-state index in [4.69, 9.17) is 9.47 Å². The lowest BCUT2D eigenvalue weighted by molar-refractivity contribution is -0.168. The van der Waals surface area contributed by atoms with Crippen LogP contribution in [-0.4, -0.2) is 47.7 Å². The smallest absolute Gasteiger partial charge is 0.344 e. The zero-order chi connectivity index (χ0) is 26.4. The van der Waals surface area contributed by atoms with E-state index in [1.807, 2.05) is 12.1 Å². The average Bonchev–Trinajstić information content (AvgIpc) is 3.38. The van der Waals surface area contributed by atoms with Crippen LogP contribution in [-0.2, 0) is 35.1 Å². The molecule has 1 aromatic carbocycles. The van der Waals surface area contributed by atoms with Gasteiger partial charge in [-0.25, -0.2) is 9.59 Å². The summed E-state index contributed by atoms with van der Waals surface area (Å²) in [5.41, 5.74) is 1.45. The van der Waals surface area contributed by atoms with Crippen LogP contribution in [0.2, 0.25) is 0 Å². The van der Waals surface area contributed by atoms with Gasteiger partial charge in [-0.15, -0.1) is 0 Å². The number of rotatable bonds is 8. The molecule has 2 bridgehead atoms. The van der Waals surface area contributed by atoms with Crippen molar-refractivity contribution in [3.05, 3.63) is 29.8 Å². The molecule has 196 valence electrons. The number of anilines is 1. The highest BCUT2D eigenvalue weighted by Gasteiger charge is 2.62. The lowest BCUT2D eigenvalue weighted by atomic mass is 9.70. The first-order valence-corrected chi connectivity index (χ1v) is 12.9. The summed E-state index contributed by atoms with van der Waals surface area (Å²) in [6.45, 7) is 9.37. The molecule has 1 aromatic rings. The van der Waals surface area contributed by atoms with Gasteiger partial charge in [0.1, 0.15) is 12.1 Å². The van der Waals surface area contributed by atoms with Crippen molar-refractivity contribution in [3.63, 3.8) is 0 Å². The largest absolute Gasteiger partial charge is 0.481 e. The van der Waals surface area contributed by atoms with Crippen LogP contribution < -0.4 is 4.90 Å². The van der Waals surface area contributed by atoms with Gasteiger partial charge in [-0.1, -0.05) is 52.8 Å². The lowest BCUT2D eigenvalue weighted by Crippen LogP contribution is -2.47. The third-order valence-corrected chi connectivity index (χ3v) is 9.36. The van der Waals surface area contributed by atoms with Crippen LogP contribution in [0.4, 0.5) is 5.69 Å². The third-order valence-electron chi connectivity index (χ3n) is 9.36. The number of carbonyl (C=O) groups excluding carboxylic acids is 3. The third kappa shape index (κ3) is 4.39. The Hall–Kier alpha value is -2.90. The minimum Gasteiger partial charge on any atom is -0.481 e. The van der Waals surface area contributed by atoms with E-state index in [-0.39, 0.29) is 35.7 Å². The fourth-order valence-electron chi connectivity index (χ4n) is 6.54. The van der Waals surface area contributed by atoms with Gasteiger partial charge >= 0.3 is 17.9 Å². The summed E-state index contributed by atoms with van der Waals surface area (Å²) in [6, 6.07) is 6.31. The van der Waals surface area contributed by atoms with Crippen LogP contribution >= 0.6 is 0 Å². The van der Waals surface area contributed by atoms with Crippen molar-refractivity contribution >= 4 is 29.5 Å². The van der Waals surface area contributed by atoms with E-state index in [2.05, 4.69) is 20.8 Å². The molecule has 0 saturated heterocycles. The molecule has 1 aliphatic heterocycles. The van der Waals surface area contributed by atoms with Gasteiger partial charge in [0.15, 0.2) is 6.61 Å². The van der Waals surface area contributed by atoms with E-state index in [9.17, 15) is 24.3 Å². The topological polar surface area (TPSA) is 110 Å². The van der Waals surface area contributed by atoms with Gasteiger partial charge < -0.3 is 14.6 Å². The first kappa shape index (κ1) is 26.2. The van der Waals surface area contributed by atoms with Crippen LogP contribution in [0, 0.1) is 28.6 Å². The maximum absolute atomic E-state index is 13.4. The number of amides is 1. The monoisotopic (exact) mass is 499 g/mol. The highest BCUT2D eigenvalue weighted by molar-refractivity contribution is 6.03. The number of carbonyl (C=O) groups is 4. The van der Waals surface area contributed by atoms with E-state index >= 15 is 0 Å². The molecule has 3 unspecified atom stereocenters. The van der Waals surface area contributed by atoms with Crippen molar-refractivity contribution < 1.29 is 33.8 Å². The number of carboxylic acids is 1. The Kier molecular flexibility index (Phi) is 6.92. The van der Waals surface area contributed by atoms with Crippen molar-refractivity contribution in [1.29, 1.82) is 0 Å². The summed E-state index contributed by atoms with van der Waals surface area (Å²) in [4.78, 5) is 51.8. The summed E-state index contributed by atoms with van der Waals surface area (Å²) in [5, 5.41) is 9.24. The molecule has 0 aromatic heterocycles. The zero-order valence-corrected chi connectivity index (χ0v) is 21.8. The summed E-state index contributed by atoms with van der Waals surface area (Å²) >= 11 is 0. The SMILES string of the molecule is C[C@H](C[C@@H](C)C(=O)N1c2ccccc2C[C@H]1C(=O)OCC(=O)OC1CC2CCC1(C)C2(C)C)C(=O)O. The molecule has 8 nitrogen and oxygen atoms in total. The normalized spacial score (nSPS) is 29.4. The first-order chi connectivity index (χ1) is 16.9.